The molecule has 1 amide bonds. The Kier molecular flexibility index (Phi) is 6.20. The highest BCUT2D eigenvalue weighted by Crippen LogP contribution is 2.21. The molecule has 1 aliphatic heterocycles. The number of rotatable bonds is 6. The van der Waals surface area contributed by atoms with Crippen molar-refractivity contribution in [2.45, 2.75) is 6.54 Å². The van der Waals surface area contributed by atoms with Crippen molar-refractivity contribution >= 4 is 11.6 Å². The van der Waals surface area contributed by atoms with E-state index in [1.54, 1.807) is 6.07 Å². The molecular weight excluding hydrogens is 380 g/mol. The summed E-state index contributed by atoms with van der Waals surface area (Å²) < 4.78 is 6.79. The molecule has 1 aromatic heterocycles. The molecule has 2 heterocycles. The molecule has 3 aromatic rings. The number of aromatic nitrogens is 2. The van der Waals surface area contributed by atoms with Crippen molar-refractivity contribution in [3.8, 4) is 11.3 Å². The van der Waals surface area contributed by atoms with Crippen LogP contribution in [0.15, 0.2) is 71.5 Å². The number of anilines is 1. The van der Waals surface area contributed by atoms with Gasteiger partial charge < -0.3 is 15.0 Å². The summed E-state index contributed by atoms with van der Waals surface area (Å²) in [5.41, 5.74) is 2.99. The van der Waals surface area contributed by atoms with Crippen molar-refractivity contribution in [3.05, 3.63) is 82.6 Å². The van der Waals surface area contributed by atoms with Gasteiger partial charge in [0.2, 0.25) is 0 Å². The van der Waals surface area contributed by atoms with Crippen molar-refractivity contribution in [3.63, 3.8) is 0 Å². The van der Waals surface area contributed by atoms with Crippen LogP contribution < -0.4 is 15.8 Å². The molecule has 0 spiro atoms. The molecule has 1 N–H and O–H groups in total. The smallest absolute Gasteiger partial charge is 0.266 e. The third-order valence-corrected chi connectivity index (χ3v) is 5.05. The second-order valence-corrected chi connectivity index (χ2v) is 7.02. The Morgan fingerprint density at radius 2 is 1.70 bits per heavy atom. The van der Waals surface area contributed by atoms with Crippen LogP contribution in [0, 0.1) is 0 Å². The van der Waals surface area contributed by atoms with E-state index in [0.29, 0.717) is 31.9 Å². The molecule has 1 aliphatic rings. The predicted octanol–water partition coefficient (Wildman–Crippen LogP) is 2.18. The van der Waals surface area contributed by atoms with Crippen molar-refractivity contribution < 1.29 is 9.53 Å². The minimum Gasteiger partial charge on any atom is -0.378 e. The van der Waals surface area contributed by atoms with E-state index in [4.69, 9.17) is 4.74 Å². The molecule has 0 atom stereocenters. The molecule has 7 nitrogen and oxygen atoms in total. The number of ether oxygens (including phenoxy) is 1. The van der Waals surface area contributed by atoms with E-state index in [9.17, 15) is 9.59 Å². The average molecular weight is 404 g/mol. The van der Waals surface area contributed by atoms with Gasteiger partial charge in [-0.25, -0.2) is 4.68 Å². The number of nitrogens with zero attached hydrogens (tertiary/aromatic N) is 3. The molecule has 154 valence electrons. The SMILES string of the molecule is O=C(NCCn1nc(-c2ccccc2)ccc1=O)c1ccccc1N1CCOCC1. The molecule has 4 rings (SSSR count). The van der Waals surface area contributed by atoms with Crippen LogP contribution in [0.25, 0.3) is 11.3 Å². The van der Waals surface area contributed by atoms with E-state index in [2.05, 4.69) is 15.3 Å². The van der Waals surface area contributed by atoms with Gasteiger partial charge in [0.1, 0.15) is 0 Å². The molecule has 0 bridgehead atoms. The fourth-order valence-corrected chi connectivity index (χ4v) is 3.49. The van der Waals surface area contributed by atoms with Crippen molar-refractivity contribution in [1.82, 2.24) is 15.1 Å². The maximum Gasteiger partial charge on any atom is 0.266 e. The van der Waals surface area contributed by atoms with Gasteiger partial charge in [0, 0.05) is 37.0 Å². The van der Waals surface area contributed by atoms with E-state index in [-0.39, 0.29) is 11.5 Å². The average Bonchev–Trinajstić information content (AvgIpc) is 2.81. The van der Waals surface area contributed by atoms with Gasteiger partial charge in [0.25, 0.3) is 11.5 Å². The number of carbonyl (C=O) groups is 1. The van der Waals surface area contributed by atoms with Gasteiger partial charge in [-0.1, -0.05) is 42.5 Å². The molecule has 30 heavy (non-hydrogen) atoms. The molecule has 1 saturated heterocycles. The van der Waals surface area contributed by atoms with Crippen LogP contribution in [0.3, 0.4) is 0 Å². The maximum absolute atomic E-state index is 12.8. The van der Waals surface area contributed by atoms with Crippen LogP contribution in [0.4, 0.5) is 5.69 Å². The first kappa shape index (κ1) is 19.8. The van der Waals surface area contributed by atoms with Crippen molar-refractivity contribution in [2.75, 3.05) is 37.7 Å². The summed E-state index contributed by atoms with van der Waals surface area (Å²) in [5.74, 6) is -0.163. The third-order valence-electron chi connectivity index (χ3n) is 5.05. The maximum atomic E-state index is 12.8. The first-order valence-electron chi connectivity index (χ1n) is 10.1. The molecule has 1 fully saturated rings. The van der Waals surface area contributed by atoms with Crippen molar-refractivity contribution in [1.29, 1.82) is 0 Å². The van der Waals surface area contributed by atoms with Crippen LogP contribution in [0.1, 0.15) is 10.4 Å². The van der Waals surface area contributed by atoms with Gasteiger partial charge in [0.15, 0.2) is 0 Å². The van der Waals surface area contributed by atoms with E-state index in [1.807, 2.05) is 54.6 Å². The van der Waals surface area contributed by atoms with Crippen LogP contribution >= 0.6 is 0 Å². The molecule has 0 aliphatic carbocycles. The largest absolute Gasteiger partial charge is 0.378 e. The zero-order chi connectivity index (χ0) is 20.8. The zero-order valence-corrected chi connectivity index (χ0v) is 16.7. The molecule has 0 radical (unpaired) electrons. The first-order valence-corrected chi connectivity index (χ1v) is 10.1. The third kappa shape index (κ3) is 4.58. The number of morpholine rings is 1. The molecule has 0 unspecified atom stereocenters. The fraction of sp³-hybridized carbons (Fsp3) is 0.261. The lowest BCUT2D eigenvalue weighted by molar-refractivity contribution is 0.0950. The summed E-state index contributed by atoms with van der Waals surface area (Å²) in [4.78, 5) is 27.1. The minimum absolute atomic E-state index is 0.163. The monoisotopic (exact) mass is 404 g/mol. The standard InChI is InChI=1S/C23H24N4O3/c28-22-11-10-20(18-6-2-1-3-7-18)25-27(22)13-12-24-23(29)19-8-4-5-9-21(19)26-14-16-30-17-15-26/h1-11H,12-17H2,(H,24,29). The highest BCUT2D eigenvalue weighted by atomic mass is 16.5. The number of benzene rings is 2. The first-order chi connectivity index (χ1) is 14.7. The number of nitrogens with one attached hydrogen (secondary N) is 1. The number of amides is 1. The Bertz CT molecular complexity index is 1060. The highest BCUT2D eigenvalue weighted by molar-refractivity contribution is 5.99. The van der Waals surface area contributed by atoms with Gasteiger partial charge in [-0.05, 0) is 18.2 Å². The Labute approximate surface area is 174 Å². The lowest BCUT2D eigenvalue weighted by Crippen LogP contribution is -2.38. The summed E-state index contributed by atoms with van der Waals surface area (Å²) in [5, 5.41) is 7.35. The Morgan fingerprint density at radius 1 is 0.967 bits per heavy atom. The molecular formula is C23H24N4O3. The quantitative estimate of drug-likeness (QED) is 0.682. The van der Waals surface area contributed by atoms with E-state index < -0.39 is 0 Å². The van der Waals surface area contributed by atoms with Gasteiger partial charge >= 0.3 is 0 Å². The minimum atomic E-state index is -0.197. The second kappa shape index (κ2) is 9.37. The number of hydrogen-bond donors (Lipinski definition) is 1. The van der Waals surface area contributed by atoms with E-state index in [1.165, 1.54) is 10.7 Å². The summed E-state index contributed by atoms with van der Waals surface area (Å²) in [6, 6.07) is 20.5. The number of carbonyl (C=O) groups excluding carboxylic acids is 1. The predicted molar refractivity (Wildman–Crippen MR) is 116 cm³/mol. The Hall–Kier alpha value is -3.45. The normalized spacial score (nSPS) is 13.8. The molecule has 0 saturated carbocycles. The number of hydrogen-bond acceptors (Lipinski definition) is 5. The van der Waals surface area contributed by atoms with Gasteiger partial charge in [0.05, 0.1) is 31.0 Å². The van der Waals surface area contributed by atoms with Gasteiger partial charge in [-0.15, -0.1) is 0 Å². The topological polar surface area (TPSA) is 76.5 Å². The number of para-hydroxylation sites is 1. The van der Waals surface area contributed by atoms with Crippen LogP contribution in [-0.2, 0) is 11.3 Å². The zero-order valence-electron chi connectivity index (χ0n) is 16.7. The lowest BCUT2D eigenvalue weighted by Gasteiger charge is -2.30. The van der Waals surface area contributed by atoms with Crippen LogP contribution in [0.5, 0.6) is 0 Å². The highest BCUT2D eigenvalue weighted by Gasteiger charge is 2.18. The fourth-order valence-electron chi connectivity index (χ4n) is 3.49. The molecule has 2 aromatic carbocycles. The summed E-state index contributed by atoms with van der Waals surface area (Å²) in [6.07, 6.45) is 0. The van der Waals surface area contributed by atoms with E-state index in [0.717, 1.165) is 30.0 Å². The second-order valence-electron chi connectivity index (χ2n) is 7.02. The van der Waals surface area contributed by atoms with Crippen LogP contribution in [0.2, 0.25) is 0 Å². The van der Waals surface area contributed by atoms with Gasteiger partial charge in [-0.2, -0.15) is 5.10 Å². The van der Waals surface area contributed by atoms with Gasteiger partial charge in [-0.3, -0.25) is 9.59 Å². The summed E-state index contributed by atoms with van der Waals surface area (Å²) >= 11 is 0. The summed E-state index contributed by atoms with van der Waals surface area (Å²) in [6.45, 7) is 3.43. The summed E-state index contributed by atoms with van der Waals surface area (Å²) in [7, 11) is 0. The van der Waals surface area contributed by atoms with Crippen LogP contribution in [-0.4, -0.2) is 48.5 Å². The Balaban J connectivity index is 1.43. The van der Waals surface area contributed by atoms with Crippen molar-refractivity contribution in [2.24, 2.45) is 0 Å². The Morgan fingerprint density at radius 3 is 2.50 bits per heavy atom. The molecule has 7 heteroatoms. The lowest BCUT2D eigenvalue weighted by atomic mass is 10.1. The van der Waals surface area contributed by atoms with E-state index >= 15 is 0 Å².